The first-order valence-corrected chi connectivity index (χ1v) is 17.7. The van der Waals surface area contributed by atoms with Gasteiger partial charge in [0.05, 0.1) is 29.5 Å². The summed E-state index contributed by atoms with van der Waals surface area (Å²) in [6, 6.07) is 6.14. The number of rotatable bonds is 1. The first-order valence-electron chi connectivity index (χ1n) is 15.8. The van der Waals surface area contributed by atoms with E-state index in [2.05, 4.69) is 27.5 Å². The number of allylic oxidation sites excluding steroid dienone is 3. The Labute approximate surface area is 271 Å². The molecule has 0 radical (unpaired) electrons. The van der Waals surface area contributed by atoms with E-state index in [1.807, 2.05) is 6.07 Å². The van der Waals surface area contributed by atoms with Crippen molar-refractivity contribution >= 4 is 33.4 Å². The minimum Gasteiger partial charge on any atom is -0.495 e. The van der Waals surface area contributed by atoms with Crippen LogP contribution < -0.4 is 4.72 Å². The number of sulfonamides is 1. The Kier molecular flexibility index (Phi) is 8.48. The predicted octanol–water partition coefficient (Wildman–Crippen LogP) is 4.93. The molecule has 6 rings (SSSR count). The Morgan fingerprint density at radius 3 is 2.73 bits per heavy atom. The van der Waals surface area contributed by atoms with Gasteiger partial charge in [0.1, 0.15) is 11.4 Å². The Morgan fingerprint density at radius 1 is 1.20 bits per heavy atom. The van der Waals surface area contributed by atoms with Crippen LogP contribution in [0.5, 0.6) is 0 Å². The lowest BCUT2D eigenvalue weighted by molar-refractivity contribution is -0.139. The van der Waals surface area contributed by atoms with Crippen molar-refractivity contribution < 1.29 is 27.5 Å². The number of amides is 2. The molecule has 0 unspecified atom stereocenters. The number of fused-ring (bicyclic) bond motifs is 3. The van der Waals surface area contributed by atoms with Crippen LogP contribution >= 0.6 is 11.6 Å². The molecule has 0 saturated heterocycles. The molecule has 9 nitrogen and oxygen atoms in total. The molecule has 1 fully saturated rings. The fraction of sp³-hybridized carbons (Fsp3) is 0.559. The summed E-state index contributed by atoms with van der Waals surface area (Å²) in [6.07, 6.45) is 8.78. The zero-order valence-electron chi connectivity index (χ0n) is 26.4. The van der Waals surface area contributed by atoms with Crippen molar-refractivity contribution in [3.8, 4) is 0 Å². The monoisotopic (exact) mass is 655 g/mol. The summed E-state index contributed by atoms with van der Waals surface area (Å²) < 4.78 is 41.9. The first kappa shape index (κ1) is 31.9. The highest BCUT2D eigenvalue weighted by Gasteiger charge is 2.45. The second-order valence-electron chi connectivity index (χ2n) is 13.5. The third-order valence-electron chi connectivity index (χ3n) is 10.2. The maximum absolute atomic E-state index is 13.6. The normalized spacial score (nSPS) is 29.2. The van der Waals surface area contributed by atoms with E-state index in [0.717, 1.165) is 54.3 Å². The van der Waals surface area contributed by atoms with E-state index < -0.39 is 21.5 Å². The van der Waals surface area contributed by atoms with Gasteiger partial charge in [-0.15, -0.1) is 5.73 Å². The van der Waals surface area contributed by atoms with Gasteiger partial charge in [-0.2, -0.15) is 0 Å². The van der Waals surface area contributed by atoms with E-state index in [1.54, 1.807) is 31.0 Å². The van der Waals surface area contributed by atoms with E-state index in [-0.39, 0.29) is 41.1 Å². The van der Waals surface area contributed by atoms with Crippen molar-refractivity contribution in [1.29, 1.82) is 0 Å². The molecule has 3 atom stereocenters. The largest absolute Gasteiger partial charge is 0.495 e. The average Bonchev–Trinajstić information content (AvgIpc) is 3.12. The lowest BCUT2D eigenvalue weighted by Crippen LogP contribution is -2.48. The molecule has 3 aliphatic carbocycles. The van der Waals surface area contributed by atoms with Gasteiger partial charge in [-0.3, -0.25) is 9.59 Å². The van der Waals surface area contributed by atoms with Crippen LogP contribution in [0.2, 0.25) is 5.02 Å². The molecule has 1 spiro atoms. The summed E-state index contributed by atoms with van der Waals surface area (Å²) in [5, 5.41) is 0.718. The molecule has 1 N–H and O–H groups in total. The van der Waals surface area contributed by atoms with E-state index in [0.29, 0.717) is 26.1 Å². The van der Waals surface area contributed by atoms with E-state index >= 15 is 0 Å². The lowest BCUT2D eigenvalue weighted by Gasteiger charge is -2.46. The number of carbonyl (C=O) groups excluding carboxylic acids is 2. The number of nitrogens with one attached hydrogen (secondary N) is 1. The van der Waals surface area contributed by atoms with Gasteiger partial charge in [0.2, 0.25) is 5.91 Å². The molecular formula is C34H42ClN3O6S. The van der Waals surface area contributed by atoms with Crippen molar-refractivity contribution in [3.63, 3.8) is 0 Å². The maximum atomic E-state index is 13.6. The average molecular weight is 656 g/mol. The number of hydrogen-bond donors (Lipinski definition) is 1. The van der Waals surface area contributed by atoms with Gasteiger partial charge in [-0.25, -0.2) is 13.1 Å². The van der Waals surface area contributed by atoms with Crippen molar-refractivity contribution in [2.24, 2.45) is 11.8 Å². The number of hydrogen-bond acceptors (Lipinski definition) is 7. The highest BCUT2D eigenvalue weighted by Crippen LogP contribution is 2.47. The number of ether oxygens (including phenoxy) is 2. The highest BCUT2D eigenvalue weighted by atomic mass is 35.5. The molecule has 2 bridgehead atoms. The van der Waals surface area contributed by atoms with Crippen LogP contribution in [-0.4, -0.2) is 69.0 Å². The summed E-state index contributed by atoms with van der Waals surface area (Å²) in [6.45, 7) is 6.45. The van der Waals surface area contributed by atoms with Crippen molar-refractivity contribution in [2.45, 2.75) is 76.7 Å². The summed E-state index contributed by atoms with van der Waals surface area (Å²) in [7, 11) is -2.36. The van der Waals surface area contributed by atoms with Gasteiger partial charge in [-0.1, -0.05) is 17.7 Å². The molecule has 2 heterocycles. The Bertz CT molecular complexity index is 1660. The smallest absolute Gasteiger partial charge is 0.265 e. The summed E-state index contributed by atoms with van der Waals surface area (Å²) in [5.74, 6) is 0.229. The second-order valence-corrected chi connectivity index (χ2v) is 15.7. The standard InChI is InChI=1S/C34H42ClN3O6S/c1-22(39)37(4)29-8-6-16-44-33(2,3)32(40)36-45(41,42)26-11-14-31-30(18-26)38(19-24-9-12-27(24)29)20-34(21-43-31)15-5-7-23-17-25(35)10-13-28(23)34/h6,10,13,17-18,24,27H,5,7,9,11-12,14-16,19-21H2,1-4H3,(H,36,40)/t8?,24-,27+,34-/m0/s1. The summed E-state index contributed by atoms with van der Waals surface area (Å²) in [5.41, 5.74) is 5.61. The molecule has 45 heavy (non-hydrogen) atoms. The molecule has 2 aliphatic heterocycles. The van der Waals surface area contributed by atoms with Crippen LogP contribution in [0.15, 0.2) is 58.1 Å². The molecule has 242 valence electrons. The number of nitrogens with zero attached hydrogens (tertiary/aromatic N) is 2. The van der Waals surface area contributed by atoms with Crippen molar-refractivity contribution in [1.82, 2.24) is 14.5 Å². The van der Waals surface area contributed by atoms with E-state index in [4.69, 9.17) is 21.1 Å². The molecule has 1 saturated carbocycles. The molecule has 1 aromatic carbocycles. The quantitative estimate of drug-likeness (QED) is 0.428. The Balaban J connectivity index is 1.46. The molecular weight excluding hydrogens is 614 g/mol. The van der Waals surface area contributed by atoms with E-state index in [9.17, 15) is 18.0 Å². The molecule has 11 heteroatoms. The molecule has 2 amide bonds. The SMILES string of the molecule is CC(=O)N(C)C1=C=CCOC(C)(C)C(=O)NS(=O)(=O)C2=CC3=C(CC2)OC[C@]2(CCCc4cc(Cl)ccc42)CN3C[C@@H]2CC[C@@H]12. The Hall–Kier alpha value is -3.04. The van der Waals surface area contributed by atoms with Gasteiger partial charge in [0, 0.05) is 49.8 Å². The van der Waals surface area contributed by atoms with Crippen LogP contribution in [0, 0.1) is 11.8 Å². The van der Waals surface area contributed by atoms with Crippen LogP contribution in [0.1, 0.15) is 70.4 Å². The van der Waals surface area contributed by atoms with Crippen molar-refractivity contribution in [2.75, 3.05) is 33.4 Å². The number of benzene rings is 1. The fourth-order valence-corrected chi connectivity index (χ4v) is 8.81. The fourth-order valence-electron chi connectivity index (χ4n) is 7.36. The molecule has 5 aliphatic rings. The number of halogens is 1. The second kappa shape index (κ2) is 12.0. The zero-order valence-corrected chi connectivity index (χ0v) is 28.0. The maximum Gasteiger partial charge on any atom is 0.265 e. The predicted molar refractivity (Wildman–Crippen MR) is 171 cm³/mol. The number of aryl methyl sites for hydroxylation is 1. The minimum absolute atomic E-state index is 0.0292. The van der Waals surface area contributed by atoms with Gasteiger partial charge < -0.3 is 19.3 Å². The summed E-state index contributed by atoms with van der Waals surface area (Å²) in [4.78, 5) is 29.8. The zero-order chi connectivity index (χ0) is 32.1. The number of carbonyl (C=O) groups is 2. The third kappa shape index (κ3) is 6.10. The molecule has 1 aromatic rings. The first-order chi connectivity index (χ1) is 21.3. The van der Waals surface area contributed by atoms with Crippen molar-refractivity contribution in [3.05, 3.63) is 74.3 Å². The van der Waals surface area contributed by atoms with Crippen LogP contribution in [0.25, 0.3) is 0 Å². The minimum atomic E-state index is -4.13. The highest BCUT2D eigenvalue weighted by molar-refractivity contribution is 7.93. The van der Waals surface area contributed by atoms with Gasteiger partial charge in [-0.05, 0) is 93.7 Å². The van der Waals surface area contributed by atoms with Gasteiger partial charge in [0.25, 0.3) is 15.9 Å². The lowest BCUT2D eigenvalue weighted by atomic mass is 9.69. The topological polar surface area (TPSA) is 105 Å². The Morgan fingerprint density at radius 2 is 2.00 bits per heavy atom. The van der Waals surface area contributed by atoms with Crippen LogP contribution in [0.3, 0.4) is 0 Å². The van der Waals surface area contributed by atoms with E-state index in [1.165, 1.54) is 25.0 Å². The van der Waals surface area contributed by atoms with Crippen LogP contribution in [-0.2, 0) is 40.9 Å². The summed E-state index contributed by atoms with van der Waals surface area (Å²) >= 11 is 6.41. The molecule has 0 aromatic heterocycles. The van der Waals surface area contributed by atoms with Gasteiger partial charge >= 0.3 is 0 Å². The third-order valence-corrected chi connectivity index (χ3v) is 11.9. The van der Waals surface area contributed by atoms with Gasteiger partial charge in [0.15, 0.2) is 0 Å². The van der Waals surface area contributed by atoms with Crippen LogP contribution in [0.4, 0.5) is 0 Å².